The van der Waals surface area contributed by atoms with E-state index in [1.165, 1.54) is 24.3 Å². The molecule has 0 atom stereocenters. The summed E-state index contributed by atoms with van der Waals surface area (Å²) in [5.41, 5.74) is 2.33. The van der Waals surface area contributed by atoms with E-state index in [-0.39, 0.29) is 10.5 Å². The van der Waals surface area contributed by atoms with E-state index in [9.17, 15) is 19.2 Å². The van der Waals surface area contributed by atoms with Gasteiger partial charge in [-0.1, -0.05) is 29.8 Å². The second kappa shape index (κ2) is 8.10. The Morgan fingerprint density at radius 2 is 1.71 bits per heavy atom. The predicted octanol–water partition coefficient (Wildman–Crippen LogP) is 3.37. The van der Waals surface area contributed by atoms with E-state index in [4.69, 9.17) is 5.11 Å². The van der Waals surface area contributed by atoms with Crippen molar-refractivity contribution in [2.24, 2.45) is 0 Å². The minimum absolute atomic E-state index is 0.0881. The maximum atomic E-state index is 12.5. The van der Waals surface area contributed by atoms with E-state index >= 15 is 0 Å². The summed E-state index contributed by atoms with van der Waals surface area (Å²) in [6.07, 6.45) is 1.62. The van der Waals surface area contributed by atoms with Crippen molar-refractivity contribution in [2.45, 2.75) is 6.92 Å². The highest BCUT2D eigenvalue weighted by Gasteiger charge is 2.36. The monoisotopic (exact) mass is 396 g/mol. The molecule has 2 N–H and O–H groups in total. The highest BCUT2D eigenvalue weighted by Crippen LogP contribution is 2.32. The Bertz CT molecular complexity index is 981. The molecule has 1 heterocycles. The number of carboxylic acid groups (broad SMARTS) is 1. The maximum Gasteiger partial charge on any atom is 0.335 e. The molecule has 3 amide bonds. The second-order valence-electron chi connectivity index (χ2n) is 6.11. The molecule has 7 nitrogen and oxygen atoms in total. The molecular weight excluding hydrogens is 380 g/mol. The van der Waals surface area contributed by atoms with Crippen LogP contribution >= 0.6 is 11.8 Å². The molecular formula is C20H16N2O5S. The Balaban J connectivity index is 1.65. The molecule has 0 bridgehead atoms. The molecule has 0 spiro atoms. The van der Waals surface area contributed by atoms with Gasteiger partial charge in [-0.3, -0.25) is 19.3 Å². The summed E-state index contributed by atoms with van der Waals surface area (Å²) in [6, 6.07) is 13.1. The number of nitrogens with zero attached hydrogens (tertiary/aromatic N) is 1. The van der Waals surface area contributed by atoms with Gasteiger partial charge in [-0.25, -0.2) is 4.79 Å². The van der Waals surface area contributed by atoms with Crippen LogP contribution in [0, 0.1) is 6.92 Å². The van der Waals surface area contributed by atoms with Crippen LogP contribution in [0.4, 0.5) is 10.5 Å². The van der Waals surface area contributed by atoms with Crippen molar-refractivity contribution in [3.8, 4) is 0 Å². The fourth-order valence-corrected chi connectivity index (χ4v) is 3.33. The number of carbonyl (C=O) groups is 4. The minimum atomic E-state index is -1.07. The van der Waals surface area contributed by atoms with Crippen molar-refractivity contribution in [1.29, 1.82) is 0 Å². The van der Waals surface area contributed by atoms with Crippen LogP contribution in [0.5, 0.6) is 0 Å². The molecule has 0 unspecified atom stereocenters. The summed E-state index contributed by atoms with van der Waals surface area (Å²) in [6.45, 7) is 1.53. The zero-order valence-corrected chi connectivity index (χ0v) is 15.7. The molecule has 2 aromatic rings. The Labute approximate surface area is 165 Å². The maximum absolute atomic E-state index is 12.5. The number of anilines is 1. The molecule has 1 aliphatic heterocycles. The average Bonchev–Trinajstić information content (AvgIpc) is 2.91. The number of nitrogens with one attached hydrogen (secondary N) is 1. The van der Waals surface area contributed by atoms with Gasteiger partial charge in [-0.05, 0) is 54.6 Å². The Morgan fingerprint density at radius 3 is 2.32 bits per heavy atom. The first kappa shape index (κ1) is 19.4. The molecule has 3 rings (SSSR count). The van der Waals surface area contributed by atoms with Gasteiger partial charge in [0.1, 0.15) is 6.54 Å². The van der Waals surface area contributed by atoms with E-state index < -0.39 is 29.6 Å². The normalized spacial score (nSPS) is 15.2. The van der Waals surface area contributed by atoms with E-state index in [1.54, 1.807) is 6.08 Å². The van der Waals surface area contributed by atoms with Crippen LogP contribution in [0.1, 0.15) is 21.5 Å². The summed E-state index contributed by atoms with van der Waals surface area (Å²) in [7, 11) is 0. The summed E-state index contributed by atoms with van der Waals surface area (Å²) >= 11 is 0.788. The highest BCUT2D eigenvalue weighted by molar-refractivity contribution is 8.18. The Kier molecular flexibility index (Phi) is 5.60. The largest absolute Gasteiger partial charge is 0.478 e. The third kappa shape index (κ3) is 4.47. The SMILES string of the molecule is Cc1ccc(/C=C2\SC(=O)N(CC(=O)Nc3ccc(C(=O)O)cc3)C2=O)cc1. The van der Waals surface area contributed by atoms with Gasteiger partial charge in [0, 0.05) is 5.69 Å². The Hall–Kier alpha value is -3.39. The van der Waals surface area contributed by atoms with Gasteiger partial charge in [0.2, 0.25) is 5.91 Å². The molecule has 0 aliphatic carbocycles. The number of aromatic carboxylic acids is 1. The molecule has 1 fully saturated rings. The van der Waals surface area contributed by atoms with Crippen LogP contribution < -0.4 is 5.32 Å². The number of amides is 3. The number of hydrogen-bond acceptors (Lipinski definition) is 5. The van der Waals surface area contributed by atoms with Crippen molar-refractivity contribution in [3.63, 3.8) is 0 Å². The standard InChI is InChI=1S/C20H16N2O5S/c1-12-2-4-13(5-3-12)10-16-18(24)22(20(27)28-16)11-17(23)21-15-8-6-14(7-9-15)19(25)26/h2-10H,11H2,1H3,(H,21,23)(H,25,26)/b16-10-. The van der Waals surface area contributed by atoms with Crippen LogP contribution in [-0.4, -0.2) is 39.6 Å². The van der Waals surface area contributed by atoms with Gasteiger partial charge in [0.15, 0.2) is 0 Å². The summed E-state index contributed by atoms with van der Waals surface area (Å²) in [5.74, 6) is -2.15. The second-order valence-corrected chi connectivity index (χ2v) is 7.10. The summed E-state index contributed by atoms with van der Waals surface area (Å²) in [5, 5.41) is 10.9. The van der Waals surface area contributed by atoms with Crippen LogP contribution in [0.15, 0.2) is 53.4 Å². The predicted molar refractivity (Wildman–Crippen MR) is 106 cm³/mol. The number of benzene rings is 2. The first-order chi connectivity index (χ1) is 13.3. The number of carbonyl (C=O) groups excluding carboxylic acids is 3. The van der Waals surface area contributed by atoms with Gasteiger partial charge in [0.05, 0.1) is 10.5 Å². The number of imide groups is 1. The van der Waals surface area contributed by atoms with Gasteiger partial charge in [-0.15, -0.1) is 0 Å². The zero-order chi connectivity index (χ0) is 20.3. The van der Waals surface area contributed by atoms with Crippen molar-refractivity contribution in [3.05, 3.63) is 70.1 Å². The highest BCUT2D eigenvalue weighted by atomic mass is 32.2. The summed E-state index contributed by atoms with van der Waals surface area (Å²) < 4.78 is 0. The van der Waals surface area contributed by atoms with Crippen molar-refractivity contribution < 1.29 is 24.3 Å². The molecule has 28 heavy (non-hydrogen) atoms. The quantitative estimate of drug-likeness (QED) is 0.751. The minimum Gasteiger partial charge on any atom is -0.478 e. The Morgan fingerprint density at radius 1 is 1.07 bits per heavy atom. The van der Waals surface area contributed by atoms with Crippen molar-refractivity contribution in [2.75, 3.05) is 11.9 Å². The lowest BCUT2D eigenvalue weighted by molar-refractivity contribution is -0.127. The van der Waals surface area contributed by atoms with Gasteiger partial charge in [0.25, 0.3) is 11.1 Å². The van der Waals surface area contributed by atoms with Gasteiger partial charge < -0.3 is 10.4 Å². The topological polar surface area (TPSA) is 104 Å². The molecule has 0 radical (unpaired) electrons. The molecule has 8 heteroatoms. The first-order valence-electron chi connectivity index (χ1n) is 8.29. The van der Waals surface area contributed by atoms with E-state index in [0.717, 1.165) is 27.8 Å². The van der Waals surface area contributed by atoms with E-state index in [2.05, 4.69) is 5.32 Å². The molecule has 2 aromatic carbocycles. The average molecular weight is 396 g/mol. The lowest BCUT2D eigenvalue weighted by Gasteiger charge is -2.12. The third-order valence-electron chi connectivity index (χ3n) is 3.97. The fourth-order valence-electron chi connectivity index (χ4n) is 2.49. The first-order valence-corrected chi connectivity index (χ1v) is 9.10. The number of thioether (sulfide) groups is 1. The molecule has 0 saturated carbocycles. The number of carboxylic acids is 1. The van der Waals surface area contributed by atoms with E-state index in [0.29, 0.717) is 5.69 Å². The molecule has 0 aromatic heterocycles. The van der Waals surface area contributed by atoms with Crippen LogP contribution in [-0.2, 0) is 9.59 Å². The fraction of sp³-hybridized carbons (Fsp3) is 0.100. The lowest BCUT2D eigenvalue weighted by atomic mass is 10.1. The lowest BCUT2D eigenvalue weighted by Crippen LogP contribution is -2.36. The third-order valence-corrected chi connectivity index (χ3v) is 4.87. The van der Waals surface area contributed by atoms with Crippen LogP contribution in [0.2, 0.25) is 0 Å². The van der Waals surface area contributed by atoms with Crippen molar-refractivity contribution >= 4 is 46.5 Å². The smallest absolute Gasteiger partial charge is 0.335 e. The molecule has 142 valence electrons. The van der Waals surface area contributed by atoms with Crippen molar-refractivity contribution in [1.82, 2.24) is 4.90 Å². The van der Waals surface area contributed by atoms with Crippen LogP contribution in [0.25, 0.3) is 6.08 Å². The van der Waals surface area contributed by atoms with Gasteiger partial charge in [-0.2, -0.15) is 0 Å². The number of aryl methyl sites for hydroxylation is 1. The molecule has 1 saturated heterocycles. The van der Waals surface area contributed by atoms with Gasteiger partial charge >= 0.3 is 5.97 Å². The van der Waals surface area contributed by atoms with E-state index in [1.807, 2.05) is 31.2 Å². The summed E-state index contributed by atoms with van der Waals surface area (Å²) in [4.78, 5) is 48.7. The number of rotatable bonds is 5. The zero-order valence-electron chi connectivity index (χ0n) is 14.8. The molecule has 1 aliphatic rings. The van der Waals surface area contributed by atoms with Crippen LogP contribution in [0.3, 0.4) is 0 Å². The number of hydrogen-bond donors (Lipinski definition) is 2.